The van der Waals surface area contributed by atoms with Crippen LogP contribution in [-0.2, 0) is 9.53 Å². The van der Waals surface area contributed by atoms with Crippen LogP contribution in [0.25, 0.3) is 0 Å². The van der Waals surface area contributed by atoms with Crippen molar-refractivity contribution in [1.29, 1.82) is 0 Å². The van der Waals surface area contributed by atoms with E-state index in [9.17, 15) is 4.79 Å². The molecule has 1 aliphatic carbocycles. The molecule has 1 rings (SSSR count). The number of rotatable bonds is 8. The zero-order valence-corrected chi connectivity index (χ0v) is 10.6. The Hall–Kier alpha value is -0.650. The van der Waals surface area contributed by atoms with Crippen LogP contribution in [-0.4, -0.2) is 54.4 Å². The molecule has 0 aromatic heterocycles. The van der Waals surface area contributed by atoms with E-state index in [-0.39, 0.29) is 18.6 Å². The van der Waals surface area contributed by atoms with Crippen molar-refractivity contribution in [2.45, 2.75) is 44.8 Å². The van der Waals surface area contributed by atoms with Crippen molar-refractivity contribution < 1.29 is 14.6 Å². The molecule has 17 heavy (non-hydrogen) atoms. The average Bonchev–Trinajstić information content (AvgIpc) is 2.25. The average molecular weight is 244 g/mol. The van der Waals surface area contributed by atoms with Crippen LogP contribution in [0.15, 0.2) is 0 Å². The van der Waals surface area contributed by atoms with E-state index in [0.29, 0.717) is 32.2 Å². The van der Waals surface area contributed by atoms with Gasteiger partial charge in [-0.05, 0) is 26.2 Å². The first-order valence-corrected chi connectivity index (χ1v) is 6.44. The molecule has 3 N–H and O–H groups in total. The third-order valence-electron chi connectivity index (χ3n) is 3.24. The van der Waals surface area contributed by atoms with Gasteiger partial charge in [0.25, 0.3) is 0 Å². The van der Waals surface area contributed by atoms with E-state index < -0.39 is 0 Å². The summed E-state index contributed by atoms with van der Waals surface area (Å²) < 4.78 is 5.39. The number of hydrogen-bond donors (Lipinski definition) is 2. The van der Waals surface area contributed by atoms with Gasteiger partial charge >= 0.3 is 0 Å². The summed E-state index contributed by atoms with van der Waals surface area (Å²) in [6.07, 6.45) is 3.39. The zero-order valence-electron chi connectivity index (χ0n) is 10.6. The lowest BCUT2D eigenvalue weighted by Crippen LogP contribution is -2.47. The number of nitrogens with two attached hydrogens (primary N) is 1. The first kappa shape index (κ1) is 14.4. The number of aliphatic hydroxyl groups excluding tert-OH is 1. The molecule has 1 aliphatic rings. The highest BCUT2D eigenvalue weighted by atomic mass is 16.5. The Morgan fingerprint density at radius 3 is 2.71 bits per heavy atom. The third-order valence-corrected chi connectivity index (χ3v) is 3.24. The van der Waals surface area contributed by atoms with E-state index >= 15 is 0 Å². The summed E-state index contributed by atoms with van der Waals surface area (Å²) in [7, 11) is 0. The van der Waals surface area contributed by atoms with Gasteiger partial charge in [0.05, 0.1) is 19.1 Å². The molecule has 1 unspecified atom stereocenters. The van der Waals surface area contributed by atoms with Gasteiger partial charge in [-0.15, -0.1) is 0 Å². The molecule has 1 amide bonds. The van der Waals surface area contributed by atoms with Gasteiger partial charge in [0, 0.05) is 25.7 Å². The number of hydrogen-bond acceptors (Lipinski definition) is 4. The van der Waals surface area contributed by atoms with E-state index in [1.165, 1.54) is 6.42 Å². The van der Waals surface area contributed by atoms with Gasteiger partial charge in [0.15, 0.2) is 0 Å². The van der Waals surface area contributed by atoms with Crippen molar-refractivity contribution in [2.24, 2.45) is 5.73 Å². The van der Waals surface area contributed by atoms with Crippen LogP contribution in [0.1, 0.15) is 32.6 Å². The predicted molar refractivity (Wildman–Crippen MR) is 65.5 cm³/mol. The molecule has 0 aromatic rings. The molecule has 1 atom stereocenters. The van der Waals surface area contributed by atoms with E-state index in [1.807, 2.05) is 6.92 Å². The van der Waals surface area contributed by atoms with E-state index in [2.05, 4.69) is 0 Å². The predicted octanol–water partition coefficient (Wildman–Crippen LogP) is 0.114. The molecule has 0 saturated heterocycles. The fourth-order valence-electron chi connectivity index (χ4n) is 2.08. The van der Waals surface area contributed by atoms with Crippen LogP contribution in [0.3, 0.4) is 0 Å². The van der Waals surface area contributed by atoms with Crippen molar-refractivity contribution >= 4 is 5.91 Å². The van der Waals surface area contributed by atoms with Gasteiger partial charge in [0.2, 0.25) is 5.91 Å². The number of carbonyl (C=O) groups is 1. The molecular weight excluding hydrogens is 220 g/mol. The quantitative estimate of drug-likeness (QED) is 0.635. The van der Waals surface area contributed by atoms with Crippen LogP contribution in [0.2, 0.25) is 0 Å². The van der Waals surface area contributed by atoms with Crippen LogP contribution < -0.4 is 5.73 Å². The van der Waals surface area contributed by atoms with Gasteiger partial charge in [0.1, 0.15) is 0 Å². The maximum Gasteiger partial charge on any atom is 0.225 e. The maximum atomic E-state index is 12.1. The summed E-state index contributed by atoms with van der Waals surface area (Å²) in [6.45, 7) is 3.26. The normalized spacial score (nSPS) is 17.6. The summed E-state index contributed by atoms with van der Waals surface area (Å²) in [5.74, 6) is 0.0488. The van der Waals surface area contributed by atoms with Crippen molar-refractivity contribution in [3.8, 4) is 0 Å². The van der Waals surface area contributed by atoms with Crippen LogP contribution in [0.5, 0.6) is 0 Å². The summed E-state index contributed by atoms with van der Waals surface area (Å²) in [4.78, 5) is 13.9. The van der Waals surface area contributed by atoms with Crippen molar-refractivity contribution in [2.75, 3.05) is 26.3 Å². The Balaban J connectivity index is 2.45. The fraction of sp³-hybridized carbons (Fsp3) is 0.917. The number of carbonyl (C=O) groups excluding carboxylic acids is 1. The summed E-state index contributed by atoms with van der Waals surface area (Å²) >= 11 is 0. The highest BCUT2D eigenvalue weighted by Gasteiger charge is 2.29. The SMILES string of the molecule is CCOC(CN)CC(=O)N(CCO)C1CCC1. The van der Waals surface area contributed by atoms with Crippen molar-refractivity contribution in [3.63, 3.8) is 0 Å². The van der Waals surface area contributed by atoms with E-state index in [1.54, 1.807) is 4.90 Å². The lowest BCUT2D eigenvalue weighted by atomic mass is 9.91. The summed E-state index contributed by atoms with van der Waals surface area (Å²) in [5, 5.41) is 9.00. The molecule has 1 fully saturated rings. The minimum absolute atomic E-state index is 0.0180. The van der Waals surface area contributed by atoms with Gasteiger partial charge in [-0.2, -0.15) is 0 Å². The maximum absolute atomic E-state index is 12.1. The smallest absolute Gasteiger partial charge is 0.225 e. The molecule has 0 radical (unpaired) electrons. The Morgan fingerprint density at radius 1 is 1.59 bits per heavy atom. The highest BCUT2D eigenvalue weighted by molar-refractivity contribution is 5.77. The van der Waals surface area contributed by atoms with Gasteiger partial charge in [-0.3, -0.25) is 4.79 Å². The number of aliphatic hydroxyl groups is 1. The van der Waals surface area contributed by atoms with Crippen LogP contribution in [0, 0.1) is 0 Å². The number of amides is 1. The lowest BCUT2D eigenvalue weighted by Gasteiger charge is -2.37. The second-order valence-corrected chi connectivity index (χ2v) is 4.41. The van der Waals surface area contributed by atoms with Gasteiger partial charge in [-0.25, -0.2) is 0 Å². The molecule has 0 aromatic carbocycles. The topological polar surface area (TPSA) is 75.8 Å². The molecule has 0 heterocycles. The Morgan fingerprint density at radius 2 is 2.29 bits per heavy atom. The highest BCUT2D eigenvalue weighted by Crippen LogP contribution is 2.25. The van der Waals surface area contributed by atoms with E-state index in [0.717, 1.165) is 12.8 Å². The minimum atomic E-state index is -0.200. The molecule has 5 nitrogen and oxygen atoms in total. The van der Waals surface area contributed by atoms with Crippen molar-refractivity contribution in [3.05, 3.63) is 0 Å². The van der Waals surface area contributed by atoms with Gasteiger partial charge in [-0.1, -0.05) is 0 Å². The Kier molecular flexibility index (Phi) is 6.47. The van der Waals surface area contributed by atoms with Crippen molar-refractivity contribution in [1.82, 2.24) is 4.90 Å². The van der Waals surface area contributed by atoms with Crippen LogP contribution >= 0.6 is 0 Å². The Bertz CT molecular complexity index is 232. The molecule has 1 saturated carbocycles. The molecule has 0 spiro atoms. The third kappa shape index (κ3) is 4.26. The monoisotopic (exact) mass is 244 g/mol. The van der Waals surface area contributed by atoms with E-state index in [4.69, 9.17) is 15.6 Å². The molecular formula is C12H24N2O3. The fourth-order valence-corrected chi connectivity index (χ4v) is 2.08. The zero-order chi connectivity index (χ0) is 12.7. The Labute approximate surface area is 103 Å². The number of nitrogens with zero attached hydrogens (tertiary/aromatic N) is 1. The molecule has 0 bridgehead atoms. The second-order valence-electron chi connectivity index (χ2n) is 4.41. The first-order valence-electron chi connectivity index (χ1n) is 6.44. The largest absolute Gasteiger partial charge is 0.395 e. The lowest BCUT2D eigenvalue weighted by molar-refractivity contribution is -0.138. The molecule has 5 heteroatoms. The minimum Gasteiger partial charge on any atom is -0.395 e. The molecule has 0 aliphatic heterocycles. The first-order chi connectivity index (χ1) is 8.22. The number of ether oxygens (including phenoxy) is 1. The second kappa shape index (κ2) is 7.63. The summed E-state index contributed by atoms with van der Waals surface area (Å²) in [6, 6.07) is 0.315. The molecule has 100 valence electrons. The summed E-state index contributed by atoms with van der Waals surface area (Å²) in [5.41, 5.74) is 5.56. The van der Waals surface area contributed by atoms with Crippen LogP contribution in [0.4, 0.5) is 0 Å². The van der Waals surface area contributed by atoms with Gasteiger partial charge < -0.3 is 20.5 Å². The standard InChI is InChI=1S/C12H24N2O3/c1-2-17-11(9-13)8-12(16)14(6-7-15)10-4-3-5-10/h10-11,15H,2-9,13H2,1H3.